The number of carbonyl (C=O) groups is 2. The normalized spacial score (nSPS) is 10.2. The zero-order chi connectivity index (χ0) is 16.9. The Balaban J connectivity index is 1.73. The summed E-state index contributed by atoms with van der Waals surface area (Å²) in [7, 11) is 0. The number of aromatic amines is 1. The molecule has 2 aromatic carbocycles. The van der Waals surface area contributed by atoms with Crippen molar-refractivity contribution in [2.75, 3.05) is 10.6 Å². The standard InChI is InChI=1S/C18H16N4O2/c1-12(23)21-15-7-5-13(6-8-15)18(24)22-16-4-2-3-14(11-16)17-19-9-10-20-17/h2-11H,1H3,(H,19,20)(H,21,23)(H,22,24). The third-order valence-corrected chi connectivity index (χ3v) is 3.36. The molecule has 0 bridgehead atoms. The van der Waals surface area contributed by atoms with Crippen molar-refractivity contribution in [1.29, 1.82) is 0 Å². The van der Waals surface area contributed by atoms with Crippen LogP contribution in [0.25, 0.3) is 11.4 Å². The molecule has 1 aromatic heterocycles. The second-order valence-electron chi connectivity index (χ2n) is 5.23. The minimum atomic E-state index is -0.221. The van der Waals surface area contributed by atoms with E-state index in [2.05, 4.69) is 20.6 Å². The van der Waals surface area contributed by atoms with Gasteiger partial charge >= 0.3 is 0 Å². The van der Waals surface area contributed by atoms with Crippen LogP contribution in [0, 0.1) is 0 Å². The summed E-state index contributed by atoms with van der Waals surface area (Å²) >= 11 is 0. The lowest BCUT2D eigenvalue weighted by atomic mass is 10.1. The van der Waals surface area contributed by atoms with Gasteiger partial charge in [0.1, 0.15) is 5.82 Å². The third kappa shape index (κ3) is 3.67. The van der Waals surface area contributed by atoms with Crippen molar-refractivity contribution < 1.29 is 9.59 Å². The van der Waals surface area contributed by atoms with E-state index in [-0.39, 0.29) is 11.8 Å². The van der Waals surface area contributed by atoms with Gasteiger partial charge in [-0.1, -0.05) is 12.1 Å². The van der Waals surface area contributed by atoms with E-state index in [1.807, 2.05) is 24.3 Å². The summed E-state index contributed by atoms with van der Waals surface area (Å²) in [5, 5.41) is 5.52. The fraction of sp³-hybridized carbons (Fsp3) is 0.0556. The van der Waals surface area contributed by atoms with Crippen LogP contribution >= 0.6 is 0 Å². The molecule has 0 saturated carbocycles. The Hall–Kier alpha value is -3.41. The number of nitrogens with zero attached hydrogens (tertiary/aromatic N) is 1. The first-order chi connectivity index (χ1) is 11.6. The van der Waals surface area contributed by atoms with Crippen molar-refractivity contribution in [3.63, 3.8) is 0 Å². The highest BCUT2D eigenvalue weighted by atomic mass is 16.2. The molecular weight excluding hydrogens is 304 g/mol. The van der Waals surface area contributed by atoms with Gasteiger partial charge in [-0.2, -0.15) is 0 Å². The molecule has 24 heavy (non-hydrogen) atoms. The monoisotopic (exact) mass is 320 g/mol. The second-order valence-corrected chi connectivity index (χ2v) is 5.23. The zero-order valence-corrected chi connectivity index (χ0v) is 13.0. The highest BCUT2D eigenvalue weighted by Crippen LogP contribution is 2.20. The first-order valence-corrected chi connectivity index (χ1v) is 7.40. The Morgan fingerprint density at radius 3 is 2.46 bits per heavy atom. The maximum Gasteiger partial charge on any atom is 0.255 e. The number of amides is 2. The van der Waals surface area contributed by atoms with E-state index in [4.69, 9.17) is 0 Å². The number of nitrogens with one attached hydrogen (secondary N) is 3. The summed E-state index contributed by atoms with van der Waals surface area (Å²) in [6.07, 6.45) is 3.43. The number of rotatable bonds is 4. The minimum absolute atomic E-state index is 0.151. The number of anilines is 2. The highest BCUT2D eigenvalue weighted by Gasteiger charge is 2.08. The summed E-state index contributed by atoms with van der Waals surface area (Å²) in [5.74, 6) is 0.369. The predicted octanol–water partition coefficient (Wildman–Crippen LogP) is 3.29. The Labute approximate surface area is 138 Å². The molecule has 2 amide bonds. The van der Waals surface area contributed by atoms with Gasteiger partial charge in [-0.15, -0.1) is 0 Å². The Kier molecular flexibility index (Phi) is 4.38. The third-order valence-electron chi connectivity index (χ3n) is 3.36. The molecule has 0 aliphatic rings. The molecule has 0 spiro atoms. The predicted molar refractivity (Wildman–Crippen MR) is 92.7 cm³/mol. The number of carbonyl (C=O) groups excluding carboxylic acids is 2. The van der Waals surface area contributed by atoms with Crippen LogP contribution in [0.4, 0.5) is 11.4 Å². The number of hydrogen-bond donors (Lipinski definition) is 3. The average molecular weight is 320 g/mol. The topological polar surface area (TPSA) is 86.9 Å². The van der Waals surface area contributed by atoms with E-state index < -0.39 is 0 Å². The molecule has 0 radical (unpaired) electrons. The number of benzene rings is 2. The molecule has 0 aliphatic carbocycles. The Bertz CT molecular complexity index is 855. The summed E-state index contributed by atoms with van der Waals surface area (Å²) in [6.45, 7) is 1.44. The van der Waals surface area contributed by atoms with Gasteiger partial charge in [0.05, 0.1) is 0 Å². The summed E-state index contributed by atoms with van der Waals surface area (Å²) < 4.78 is 0. The van der Waals surface area contributed by atoms with Gasteiger partial charge in [-0.25, -0.2) is 4.98 Å². The van der Waals surface area contributed by atoms with E-state index in [0.717, 1.165) is 11.4 Å². The average Bonchev–Trinajstić information content (AvgIpc) is 3.10. The molecule has 3 rings (SSSR count). The molecule has 0 unspecified atom stereocenters. The Morgan fingerprint density at radius 1 is 1.00 bits per heavy atom. The van der Waals surface area contributed by atoms with E-state index in [1.165, 1.54) is 6.92 Å². The number of hydrogen-bond acceptors (Lipinski definition) is 3. The van der Waals surface area contributed by atoms with Crippen LogP contribution in [0.3, 0.4) is 0 Å². The lowest BCUT2D eigenvalue weighted by Crippen LogP contribution is -2.12. The van der Waals surface area contributed by atoms with Crippen LogP contribution < -0.4 is 10.6 Å². The van der Waals surface area contributed by atoms with Crippen LogP contribution in [0.2, 0.25) is 0 Å². The molecule has 0 saturated heterocycles. The molecule has 3 aromatic rings. The van der Waals surface area contributed by atoms with Crippen molar-refractivity contribution in [2.45, 2.75) is 6.92 Å². The number of H-pyrrole nitrogens is 1. The van der Waals surface area contributed by atoms with Gasteiger partial charge in [0.2, 0.25) is 5.91 Å². The largest absolute Gasteiger partial charge is 0.345 e. The zero-order valence-electron chi connectivity index (χ0n) is 13.0. The lowest BCUT2D eigenvalue weighted by molar-refractivity contribution is -0.114. The molecular formula is C18H16N4O2. The highest BCUT2D eigenvalue weighted by molar-refractivity contribution is 6.04. The van der Waals surface area contributed by atoms with Crippen molar-refractivity contribution in [1.82, 2.24) is 9.97 Å². The van der Waals surface area contributed by atoms with Crippen LogP contribution in [0.5, 0.6) is 0 Å². The molecule has 0 atom stereocenters. The van der Waals surface area contributed by atoms with Crippen molar-refractivity contribution >= 4 is 23.2 Å². The van der Waals surface area contributed by atoms with Gasteiger partial charge in [-0.3, -0.25) is 9.59 Å². The maximum absolute atomic E-state index is 12.3. The van der Waals surface area contributed by atoms with Crippen LogP contribution in [-0.4, -0.2) is 21.8 Å². The van der Waals surface area contributed by atoms with E-state index >= 15 is 0 Å². The minimum Gasteiger partial charge on any atom is -0.345 e. The molecule has 120 valence electrons. The fourth-order valence-corrected chi connectivity index (χ4v) is 2.28. The summed E-state index contributed by atoms with van der Waals surface area (Å²) in [5.41, 5.74) is 2.73. The number of imidazole rings is 1. The summed E-state index contributed by atoms with van der Waals surface area (Å²) in [6, 6.07) is 14.1. The van der Waals surface area contributed by atoms with Gasteiger partial charge in [0.25, 0.3) is 5.91 Å². The maximum atomic E-state index is 12.3. The lowest BCUT2D eigenvalue weighted by Gasteiger charge is -2.08. The molecule has 6 heteroatoms. The SMILES string of the molecule is CC(=O)Nc1ccc(C(=O)Nc2cccc(-c3ncc[nH]3)c2)cc1. The molecule has 6 nitrogen and oxygen atoms in total. The smallest absolute Gasteiger partial charge is 0.255 e. The van der Waals surface area contributed by atoms with E-state index in [1.54, 1.807) is 36.7 Å². The number of aromatic nitrogens is 2. The van der Waals surface area contributed by atoms with Crippen molar-refractivity contribution in [3.8, 4) is 11.4 Å². The van der Waals surface area contributed by atoms with Gasteiger partial charge < -0.3 is 15.6 Å². The van der Waals surface area contributed by atoms with Crippen LogP contribution in [0.15, 0.2) is 60.9 Å². The van der Waals surface area contributed by atoms with E-state index in [9.17, 15) is 9.59 Å². The summed E-state index contributed by atoms with van der Waals surface area (Å²) in [4.78, 5) is 30.6. The quantitative estimate of drug-likeness (QED) is 0.689. The van der Waals surface area contributed by atoms with Gasteiger partial charge in [0, 0.05) is 41.8 Å². The molecule has 1 heterocycles. The van der Waals surface area contributed by atoms with Crippen LogP contribution in [0.1, 0.15) is 17.3 Å². The molecule has 0 fully saturated rings. The molecule has 3 N–H and O–H groups in total. The second kappa shape index (κ2) is 6.78. The van der Waals surface area contributed by atoms with Gasteiger partial charge in [0.15, 0.2) is 0 Å². The van der Waals surface area contributed by atoms with Gasteiger partial charge in [-0.05, 0) is 36.4 Å². The Morgan fingerprint density at radius 2 is 1.79 bits per heavy atom. The first kappa shape index (κ1) is 15.5. The fourth-order valence-electron chi connectivity index (χ4n) is 2.28. The van der Waals surface area contributed by atoms with Crippen molar-refractivity contribution in [2.24, 2.45) is 0 Å². The first-order valence-electron chi connectivity index (χ1n) is 7.40. The van der Waals surface area contributed by atoms with E-state index in [0.29, 0.717) is 16.9 Å². The van der Waals surface area contributed by atoms with Crippen LogP contribution in [-0.2, 0) is 4.79 Å². The molecule has 0 aliphatic heterocycles. The van der Waals surface area contributed by atoms with Crippen molar-refractivity contribution in [3.05, 3.63) is 66.5 Å².